The zero-order valence-corrected chi connectivity index (χ0v) is 15.9. The van der Waals surface area contributed by atoms with Crippen molar-refractivity contribution in [3.63, 3.8) is 0 Å². The molecule has 2 aliphatic carbocycles. The van der Waals surface area contributed by atoms with E-state index in [2.05, 4.69) is 101 Å². The zero-order chi connectivity index (χ0) is 18.0. The molecule has 1 aromatic rings. The van der Waals surface area contributed by atoms with E-state index in [1.54, 1.807) is 0 Å². The molecule has 0 heterocycles. The Morgan fingerprint density at radius 2 is 1.40 bits per heavy atom. The van der Waals surface area contributed by atoms with Crippen molar-refractivity contribution >= 4 is 6.08 Å². The van der Waals surface area contributed by atoms with Crippen LogP contribution in [0, 0.1) is 0 Å². The van der Waals surface area contributed by atoms with E-state index in [0.717, 1.165) is 0 Å². The second-order valence-electron chi connectivity index (χ2n) is 6.99. The Morgan fingerprint density at radius 1 is 0.680 bits per heavy atom. The van der Waals surface area contributed by atoms with Crippen molar-refractivity contribution in [1.82, 2.24) is 0 Å². The molecule has 0 aromatic heterocycles. The minimum Gasteiger partial charge on any atom is -0.0622 e. The minimum atomic E-state index is 1.22. The molecular weight excluding hydrogens is 300 g/mol. The SMILES string of the molecule is CC1=CC(C)=C2C(C)=C(C)C=CC(C=Cc3ccccc3)=C2C(C)=C1. The molecule has 0 N–H and O–H groups in total. The summed E-state index contributed by atoms with van der Waals surface area (Å²) in [4.78, 5) is 0. The molecule has 0 unspecified atom stereocenters. The summed E-state index contributed by atoms with van der Waals surface area (Å²) in [6, 6.07) is 10.5. The molecule has 0 saturated heterocycles. The molecule has 0 spiro atoms. The van der Waals surface area contributed by atoms with Crippen LogP contribution in [0.3, 0.4) is 0 Å². The fraction of sp³-hybridized carbons (Fsp3) is 0.200. The lowest BCUT2D eigenvalue weighted by molar-refractivity contribution is 1.23. The Balaban J connectivity index is 2.22. The largest absolute Gasteiger partial charge is 0.0622 e. The summed E-state index contributed by atoms with van der Waals surface area (Å²) in [6.07, 6.45) is 13.5. The lowest BCUT2D eigenvalue weighted by atomic mass is 9.87. The molecule has 0 atom stereocenters. The zero-order valence-electron chi connectivity index (χ0n) is 15.9. The predicted molar refractivity (Wildman–Crippen MR) is 110 cm³/mol. The molecule has 2 aliphatic rings. The van der Waals surface area contributed by atoms with Crippen molar-refractivity contribution in [1.29, 1.82) is 0 Å². The van der Waals surface area contributed by atoms with Gasteiger partial charge in [-0.15, -0.1) is 0 Å². The van der Waals surface area contributed by atoms with Gasteiger partial charge < -0.3 is 0 Å². The Bertz CT molecular complexity index is 904. The van der Waals surface area contributed by atoms with E-state index in [4.69, 9.17) is 0 Å². The van der Waals surface area contributed by atoms with Crippen LogP contribution in [0.4, 0.5) is 0 Å². The van der Waals surface area contributed by atoms with Crippen LogP contribution in [-0.2, 0) is 0 Å². The van der Waals surface area contributed by atoms with Gasteiger partial charge in [0.25, 0.3) is 0 Å². The Kier molecular flexibility index (Phi) is 4.90. The fourth-order valence-corrected chi connectivity index (χ4v) is 3.63. The van der Waals surface area contributed by atoms with Gasteiger partial charge in [-0.25, -0.2) is 0 Å². The Labute approximate surface area is 152 Å². The highest BCUT2D eigenvalue weighted by Gasteiger charge is 2.20. The van der Waals surface area contributed by atoms with Gasteiger partial charge in [0.05, 0.1) is 0 Å². The fourth-order valence-electron chi connectivity index (χ4n) is 3.63. The predicted octanol–water partition coefficient (Wildman–Crippen LogP) is 7.13. The van der Waals surface area contributed by atoms with Crippen molar-refractivity contribution < 1.29 is 0 Å². The van der Waals surface area contributed by atoms with Gasteiger partial charge in [-0.05, 0) is 79.2 Å². The normalized spacial score (nSPS) is 18.3. The van der Waals surface area contributed by atoms with Crippen LogP contribution in [0.25, 0.3) is 6.08 Å². The third kappa shape index (κ3) is 3.58. The number of fused-ring (bicyclic) bond motifs is 1. The number of allylic oxidation sites excluding steroid dienone is 13. The summed E-state index contributed by atoms with van der Waals surface area (Å²) in [5, 5.41) is 0. The molecule has 0 bridgehead atoms. The first kappa shape index (κ1) is 17.2. The molecule has 1 aromatic carbocycles. The third-order valence-electron chi connectivity index (χ3n) is 4.95. The molecule has 3 rings (SSSR count). The summed E-state index contributed by atoms with van der Waals surface area (Å²) in [5.41, 5.74) is 11.9. The van der Waals surface area contributed by atoms with E-state index in [9.17, 15) is 0 Å². The quantitative estimate of drug-likeness (QED) is 0.542. The van der Waals surface area contributed by atoms with E-state index < -0.39 is 0 Å². The molecular formula is C25H26. The maximum absolute atomic E-state index is 2.30. The Morgan fingerprint density at radius 3 is 2.12 bits per heavy atom. The van der Waals surface area contributed by atoms with Crippen molar-refractivity contribution in [2.24, 2.45) is 0 Å². The van der Waals surface area contributed by atoms with Crippen LogP contribution in [0.1, 0.15) is 40.2 Å². The first-order valence-electron chi connectivity index (χ1n) is 8.89. The number of benzene rings is 1. The van der Waals surface area contributed by atoms with E-state index in [0.29, 0.717) is 0 Å². The molecule has 0 saturated carbocycles. The van der Waals surface area contributed by atoms with E-state index in [-0.39, 0.29) is 0 Å². The maximum Gasteiger partial charge on any atom is -0.00766 e. The second kappa shape index (κ2) is 7.11. The van der Waals surface area contributed by atoms with E-state index in [1.807, 2.05) is 0 Å². The van der Waals surface area contributed by atoms with Crippen molar-refractivity contribution in [3.8, 4) is 0 Å². The monoisotopic (exact) mass is 326 g/mol. The molecule has 0 radical (unpaired) electrons. The summed E-state index contributed by atoms with van der Waals surface area (Å²) in [6.45, 7) is 11.1. The van der Waals surface area contributed by atoms with Crippen LogP contribution in [0.5, 0.6) is 0 Å². The highest BCUT2D eigenvalue weighted by molar-refractivity contribution is 5.71. The molecule has 25 heavy (non-hydrogen) atoms. The van der Waals surface area contributed by atoms with Gasteiger partial charge in [-0.1, -0.05) is 72.4 Å². The average Bonchev–Trinajstić information content (AvgIpc) is 2.78. The summed E-state index contributed by atoms with van der Waals surface area (Å²) in [5.74, 6) is 0. The molecule has 0 fully saturated rings. The van der Waals surface area contributed by atoms with Gasteiger partial charge in [-0.3, -0.25) is 0 Å². The molecule has 0 amide bonds. The average molecular weight is 326 g/mol. The minimum absolute atomic E-state index is 1.22. The first-order chi connectivity index (χ1) is 12.0. The van der Waals surface area contributed by atoms with Gasteiger partial charge >= 0.3 is 0 Å². The van der Waals surface area contributed by atoms with Gasteiger partial charge in [0.2, 0.25) is 0 Å². The van der Waals surface area contributed by atoms with Gasteiger partial charge in [0, 0.05) is 0 Å². The standard InChI is InChI=1S/C25H26/c1-17-15-19(3)24-21(5)18(2)11-13-23(25(24)20(4)16-17)14-12-22-9-7-6-8-10-22/h6-16H,1-5H3. The van der Waals surface area contributed by atoms with Crippen LogP contribution in [0.2, 0.25) is 0 Å². The maximum atomic E-state index is 2.30. The smallest absolute Gasteiger partial charge is 0.00766 e. The van der Waals surface area contributed by atoms with Crippen LogP contribution in [0.15, 0.2) is 105 Å². The van der Waals surface area contributed by atoms with E-state index in [1.165, 1.54) is 50.1 Å². The van der Waals surface area contributed by atoms with Gasteiger partial charge in [0.15, 0.2) is 0 Å². The van der Waals surface area contributed by atoms with Crippen LogP contribution >= 0.6 is 0 Å². The van der Waals surface area contributed by atoms with Crippen molar-refractivity contribution in [2.45, 2.75) is 34.6 Å². The summed E-state index contributed by atoms with van der Waals surface area (Å²) >= 11 is 0. The van der Waals surface area contributed by atoms with Crippen molar-refractivity contribution in [3.05, 3.63) is 111 Å². The molecule has 0 nitrogen and oxygen atoms in total. The summed E-state index contributed by atoms with van der Waals surface area (Å²) < 4.78 is 0. The highest BCUT2D eigenvalue weighted by atomic mass is 14.2. The lowest BCUT2D eigenvalue weighted by Crippen LogP contribution is -1.99. The molecule has 0 heteroatoms. The Hall–Kier alpha value is -2.60. The topological polar surface area (TPSA) is 0 Å². The van der Waals surface area contributed by atoms with Gasteiger partial charge in [-0.2, -0.15) is 0 Å². The van der Waals surface area contributed by atoms with Crippen LogP contribution < -0.4 is 0 Å². The number of hydrogen-bond acceptors (Lipinski definition) is 0. The number of hydrogen-bond donors (Lipinski definition) is 0. The second-order valence-corrected chi connectivity index (χ2v) is 6.99. The lowest BCUT2D eigenvalue weighted by Gasteiger charge is -2.17. The van der Waals surface area contributed by atoms with E-state index >= 15 is 0 Å². The molecule has 126 valence electrons. The van der Waals surface area contributed by atoms with Crippen LogP contribution in [-0.4, -0.2) is 0 Å². The van der Waals surface area contributed by atoms with Gasteiger partial charge in [0.1, 0.15) is 0 Å². The molecule has 0 aliphatic heterocycles. The highest BCUT2D eigenvalue weighted by Crippen LogP contribution is 2.38. The first-order valence-corrected chi connectivity index (χ1v) is 8.89. The van der Waals surface area contributed by atoms with Crippen molar-refractivity contribution in [2.75, 3.05) is 0 Å². The summed E-state index contributed by atoms with van der Waals surface area (Å²) in [7, 11) is 0. The number of rotatable bonds is 2. The third-order valence-corrected chi connectivity index (χ3v) is 4.95.